The van der Waals surface area contributed by atoms with Gasteiger partial charge >= 0.3 is 0 Å². The summed E-state index contributed by atoms with van der Waals surface area (Å²) in [6.45, 7) is 3.70. The molecule has 0 aliphatic heterocycles. The number of nitrogens with zero attached hydrogens (tertiary/aromatic N) is 1. The van der Waals surface area contributed by atoms with Gasteiger partial charge < -0.3 is 0 Å². The zero-order chi connectivity index (χ0) is 9.68. The molecule has 0 spiro atoms. The van der Waals surface area contributed by atoms with Crippen LogP contribution in [0.3, 0.4) is 0 Å². The van der Waals surface area contributed by atoms with Gasteiger partial charge in [0.2, 0.25) is 6.08 Å². The molecule has 0 saturated carbocycles. The van der Waals surface area contributed by atoms with Gasteiger partial charge in [-0.05, 0) is 11.6 Å². The predicted octanol–water partition coefficient (Wildman–Crippen LogP) is 2.17. The van der Waals surface area contributed by atoms with Gasteiger partial charge in [-0.15, -0.1) is 0 Å². The Morgan fingerprint density at radius 1 is 1.54 bits per heavy atom. The summed E-state index contributed by atoms with van der Waals surface area (Å²) in [5.41, 5.74) is 0.864. The van der Waals surface area contributed by atoms with Crippen molar-refractivity contribution in [2.45, 2.75) is 0 Å². The molecule has 0 atom stereocenters. The molecule has 0 heterocycles. The van der Waals surface area contributed by atoms with Crippen molar-refractivity contribution in [2.24, 2.45) is 4.99 Å². The van der Waals surface area contributed by atoms with Gasteiger partial charge in [-0.2, -0.15) is 0 Å². The molecule has 1 aromatic carbocycles. The molecule has 0 N–H and O–H groups in total. The number of benzene rings is 1. The highest BCUT2D eigenvalue weighted by Gasteiger charge is 2.03. The van der Waals surface area contributed by atoms with E-state index in [1.54, 1.807) is 18.2 Å². The number of rotatable bonds is 3. The molecule has 0 radical (unpaired) electrons. The normalized spacial score (nSPS) is 9.00. The van der Waals surface area contributed by atoms with Gasteiger partial charge in [0, 0.05) is 5.56 Å². The first-order valence-corrected chi connectivity index (χ1v) is 3.72. The molecular formula is C10H8FNO. The van der Waals surface area contributed by atoms with Crippen molar-refractivity contribution in [1.29, 1.82) is 0 Å². The molecule has 3 heteroatoms. The number of carbonyl (C=O) groups excluding carboxylic acids is 1. The van der Waals surface area contributed by atoms with E-state index in [0.29, 0.717) is 11.1 Å². The number of halogens is 1. The average molecular weight is 177 g/mol. The lowest BCUT2D eigenvalue weighted by Crippen LogP contribution is -1.90. The molecule has 0 saturated heterocycles. The molecule has 0 aromatic heterocycles. The van der Waals surface area contributed by atoms with Gasteiger partial charge in [0.15, 0.2) is 0 Å². The van der Waals surface area contributed by atoms with Crippen LogP contribution in [-0.2, 0) is 4.79 Å². The minimum Gasteiger partial charge on any atom is -0.211 e. The largest absolute Gasteiger partial charge is 0.235 e. The Morgan fingerprint density at radius 3 is 2.85 bits per heavy atom. The van der Waals surface area contributed by atoms with E-state index in [1.807, 2.05) is 0 Å². The topological polar surface area (TPSA) is 29.4 Å². The molecule has 1 rings (SSSR count). The zero-order valence-corrected chi connectivity index (χ0v) is 6.96. The quantitative estimate of drug-likeness (QED) is 0.514. The summed E-state index contributed by atoms with van der Waals surface area (Å²) in [6.07, 6.45) is 1.38. The highest BCUT2D eigenvalue weighted by atomic mass is 19.1. The summed E-state index contributed by atoms with van der Waals surface area (Å²) in [6, 6.07) is 6.23. The van der Waals surface area contributed by atoms with Gasteiger partial charge in [-0.3, -0.25) is 0 Å². The van der Waals surface area contributed by atoms with Gasteiger partial charge in [-0.1, -0.05) is 24.8 Å². The molecule has 13 heavy (non-hydrogen) atoms. The van der Waals surface area contributed by atoms with Crippen molar-refractivity contribution >= 4 is 11.7 Å². The van der Waals surface area contributed by atoms with E-state index in [4.69, 9.17) is 0 Å². The molecular weight excluding hydrogens is 169 g/mol. The minimum atomic E-state index is -0.353. The van der Waals surface area contributed by atoms with Crippen LogP contribution in [0.5, 0.6) is 0 Å². The van der Waals surface area contributed by atoms with Crippen LogP contribution >= 0.6 is 0 Å². The van der Waals surface area contributed by atoms with Gasteiger partial charge in [0.1, 0.15) is 5.82 Å². The summed E-state index contributed by atoms with van der Waals surface area (Å²) in [7, 11) is 0. The van der Waals surface area contributed by atoms with Gasteiger partial charge in [0.05, 0.1) is 6.54 Å². The first-order valence-electron chi connectivity index (χ1n) is 3.72. The van der Waals surface area contributed by atoms with E-state index < -0.39 is 0 Å². The lowest BCUT2D eigenvalue weighted by atomic mass is 10.1. The van der Waals surface area contributed by atoms with Gasteiger partial charge in [0.25, 0.3) is 0 Å². The first-order chi connectivity index (χ1) is 6.25. The van der Waals surface area contributed by atoms with Crippen LogP contribution in [0, 0.1) is 5.82 Å². The lowest BCUT2D eigenvalue weighted by molar-refractivity contribution is 0.564. The van der Waals surface area contributed by atoms with E-state index >= 15 is 0 Å². The Hall–Kier alpha value is -1.73. The van der Waals surface area contributed by atoms with Crippen LogP contribution in [0.2, 0.25) is 0 Å². The number of aliphatic imine (C=N–C) groups is 1. The third kappa shape index (κ3) is 2.36. The molecule has 0 fully saturated rings. The highest BCUT2D eigenvalue weighted by Crippen LogP contribution is 2.15. The summed E-state index contributed by atoms with van der Waals surface area (Å²) < 4.78 is 13.1. The van der Waals surface area contributed by atoms with Crippen molar-refractivity contribution in [2.75, 3.05) is 6.54 Å². The van der Waals surface area contributed by atoms with Crippen molar-refractivity contribution in [3.05, 3.63) is 42.2 Å². The first kappa shape index (κ1) is 9.36. The van der Waals surface area contributed by atoms with Gasteiger partial charge in [-0.25, -0.2) is 14.2 Å². The summed E-state index contributed by atoms with van der Waals surface area (Å²) in [5.74, 6) is -0.353. The second-order valence-corrected chi connectivity index (χ2v) is 2.49. The molecule has 0 aliphatic rings. The smallest absolute Gasteiger partial charge is 0.211 e. The molecule has 66 valence electrons. The Bertz CT molecular complexity index is 367. The zero-order valence-electron chi connectivity index (χ0n) is 6.96. The summed E-state index contributed by atoms with van der Waals surface area (Å²) in [5, 5.41) is 0. The maximum absolute atomic E-state index is 13.1. The third-order valence-electron chi connectivity index (χ3n) is 1.59. The molecule has 2 nitrogen and oxygen atoms in total. The third-order valence-corrected chi connectivity index (χ3v) is 1.59. The van der Waals surface area contributed by atoms with Crippen molar-refractivity contribution in [1.82, 2.24) is 0 Å². The number of hydrogen-bond donors (Lipinski definition) is 0. The Kier molecular flexibility index (Phi) is 3.12. The fourth-order valence-corrected chi connectivity index (χ4v) is 0.961. The van der Waals surface area contributed by atoms with Crippen LogP contribution in [-0.4, -0.2) is 12.6 Å². The van der Waals surface area contributed by atoms with Crippen LogP contribution in [0.15, 0.2) is 35.8 Å². The highest BCUT2D eigenvalue weighted by molar-refractivity contribution is 5.65. The molecule has 1 aromatic rings. The molecule has 0 amide bonds. The second kappa shape index (κ2) is 4.33. The van der Waals surface area contributed by atoms with Crippen molar-refractivity contribution in [3.63, 3.8) is 0 Å². The van der Waals surface area contributed by atoms with Crippen LogP contribution in [0.25, 0.3) is 5.57 Å². The average Bonchev–Trinajstić information content (AvgIpc) is 2.15. The molecule has 0 unspecified atom stereocenters. The van der Waals surface area contributed by atoms with Crippen molar-refractivity contribution in [3.8, 4) is 0 Å². The summed E-state index contributed by atoms with van der Waals surface area (Å²) in [4.78, 5) is 13.1. The van der Waals surface area contributed by atoms with Crippen LogP contribution < -0.4 is 0 Å². The Labute approximate surface area is 75.4 Å². The van der Waals surface area contributed by atoms with E-state index in [9.17, 15) is 9.18 Å². The van der Waals surface area contributed by atoms with E-state index in [0.717, 1.165) is 0 Å². The number of isocyanates is 1. The SMILES string of the molecule is C=C(CN=C=O)c1ccccc1F. The Morgan fingerprint density at radius 2 is 2.23 bits per heavy atom. The van der Waals surface area contributed by atoms with E-state index in [1.165, 1.54) is 12.1 Å². The van der Waals surface area contributed by atoms with Crippen LogP contribution in [0.4, 0.5) is 4.39 Å². The van der Waals surface area contributed by atoms with Crippen molar-refractivity contribution < 1.29 is 9.18 Å². The monoisotopic (exact) mass is 177 g/mol. The van der Waals surface area contributed by atoms with E-state index in [-0.39, 0.29) is 12.4 Å². The lowest BCUT2D eigenvalue weighted by Gasteiger charge is -2.02. The number of hydrogen-bond acceptors (Lipinski definition) is 2. The molecule has 0 bridgehead atoms. The Balaban J connectivity index is 2.88. The predicted molar refractivity (Wildman–Crippen MR) is 48.4 cm³/mol. The molecule has 0 aliphatic carbocycles. The summed E-state index contributed by atoms with van der Waals surface area (Å²) >= 11 is 0. The maximum Gasteiger partial charge on any atom is 0.235 e. The maximum atomic E-state index is 13.1. The fraction of sp³-hybridized carbons (Fsp3) is 0.100. The standard InChI is InChI=1S/C10H8FNO/c1-8(6-12-7-13)9-4-2-3-5-10(9)11/h2-5H,1,6H2. The second-order valence-electron chi connectivity index (χ2n) is 2.49. The fourth-order valence-electron chi connectivity index (χ4n) is 0.961. The minimum absolute atomic E-state index is 0.0877. The van der Waals surface area contributed by atoms with E-state index in [2.05, 4.69) is 11.6 Å². The van der Waals surface area contributed by atoms with Crippen LogP contribution in [0.1, 0.15) is 5.56 Å².